The van der Waals surface area contributed by atoms with Crippen LogP contribution in [-0.2, 0) is 15.0 Å². The van der Waals surface area contributed by atoms with Gasteiger partial charge in [0, 0.05) is 15.8 Å². The van der Waals surface area contributed by atoms with E-state index in [0.29, 0.717) is 5.69 Å². The molecule has 0 spiro atoms. The third-order valence-electron chi connectivity index (χ3n) is 7.45. The molecule has 30 heavy (non-hydrogen) atoms. The molecule has 0 radical (unpaired) electrons. The minimum atomic E-state index is -0.477. The summed E-state index contributed by atoms with van der Waals surface area (Å²) in [6, 6.07) is 24.3. The molecule has 4 aliphatic rings. The Hall–Kier alpha value is -2.72. The lowest BCUT2D eigenvalue weighted by molar-refractivity contribution is -0.123. The first-order valence-corrected chi connectivity index (χ1v) is 11.2. The molecule has 1 saturated heterocycles. The second kappa shape index (κ2) is 6.14. The fourth-order valence-corrected chi connectivity index (χ4v) is 6.86. The van der Waals surface area contributed by atoms with E-state index >= 15 is 0 Å². The van der Waals surface area contributed by atoms with Gasteiger partial charge in [0.25, 0.3) is 0 Å². The summed E-state index contributed by atoms with van der Waals surface area (Å²) in [5.41, 5.74) is 5.00. The van der Waals surface area contributed by atoms with Crippen LogP contribution in [0.4, 0.5) is 5.69 Å². The highest BCUT2D eigenvalue weighted by Crippen LogP contribution is 2.65. The van der Waals surface area contributed by atoms with E-state index in [-0.39, 0.29) is 29.6 Å². The molecule has 148 valence electrons. The lowest BCUT2D eigenvalue weighted by Crippen LogP contribution is -2.53. The Labute approximate surface area is 183 Å². The number of amides is 2. The highest BCUT2D eigenvalue weighted by molar-refractivity contribution is 9.10. The molecule has 4 heteroatoms. The van der Waals surface area contributed by atoms with E-state index in [1.54, 1.807) is 0 Å². The van der Waals surface area contributed by atoms with Gasteiger partial charge in [0.2, 0.25) is 11.8 Å². The second-order valence-electron chi connectivity index (χ2n) is 8.44. The molecule has 3 nitrogen and oxygen atoms in total. The monoisotopic (exact) mass is 457 g/mol. The first-order valence-electron chi connectivity index (χ1n) is 10.4. The molecule has 1 aliphatic heterocycles. The summed E-state index contributed by atoms with van der Waals surface area (Å²) in [5, 5.41) is 0. The fourth-order valence-electron chi connectivity index (χ4n) is 6.40. The molecule has 1 fully saturated rings. The Kier molecular flexibility index (Phi) is 3.70. The first kappa shape index (κ1) is 18.1. The van der Waals surface area contributed by atoms with E-state index in [0.717, 1.165) is 10.9 Å². The average molecular weight is 458 g/mol. The molecule has 2 amide bonds. The van der Waals surface area contributed by atoms with Crippen molar-refractivity contribution in [3.05, 3.63) is 99.5 Å². The topological polar surface area (TPSA) is 37.4 Å². The van der Waals surface area contributed by atoms with Crippen LogP contribution in [0.1, 0.15) is 41.5 Å². The molecule has 3 aromatic carbocycles. The van der Waals surface area contributed by atoms with Crippen LogP contribution in [0.2, 0.25) is 0 Å². The Balaban J connectivity index is 1.66. The lowest BCUT2D eigenvalue weighted by Gasteiger charge is -2.54. The van der Waals surface area contributed by atoms with Gasteiger partial charge in [0.15, 0.2) is 0 Å². The summed E-state index contributed by atoms with van der Waals surface area (Å²) in [6.45, 7) is 2.15. The molecule has 0 N–H and O–H groups in total. The van der Waals surface area contributed by atoms with Gasteiger partial charge in [-0.3, -0.25) is 9.59 Å². The van der Waals surface area contributed by atoms with Crippen LogP contribution >= 0.6 is 15.9 Å². The summed E-state index contributed by atoms with van der Waals surface area (Å²) in [5.74, 6) is -0.984. The van der Waals surface area contributed by atoms with Crippen LogP contribution in [0.5, 0.6) is 0 Å². The Bertz CT molecular complexity index is 1190. The number of halogens is 1. The van der Waals surface area contributed by atoms with Gasteiger partial charge in [-0.25, -0.2) is 4.90 Å². The maximum atomic E-state index is 14.0. The number of rotatable bonds is 2. The lowest BCUT2D eigenvalue weighted by atomic mass is 9.46. The van der Waals surface area contributed by atoms with Gasteiger partial charge >= 0.3 is 0 Å². The zero-order valence-corrected chi connectivity index (χ0v) is 18.1. The Morgan fingerprint density at radius 1 is 0.833 bits per heavy atom. The molecule has 2 atom stereocenters. The summed E-state index contributed by atoms with van der Waals surface area (Å²) >= 11 is 3.55. The zero-order valence-electron chi connectivity index (χ0n) is 16.5. The van der Waals surface area contributed by atoms with Crippen LogP contribution in [0.25, 0.3) is 0 Å². The van der Waals surface area contributed by atoms with Crippen molar-refractivity contribution in [1.82, 2.24) is 0 Å². The van der Waals surface area contributed by atoms with Gasteiger partial charge in [0.1, 0.15) is 0 Å². The SMILES string of the molecule is CCC12c3ccccc3C(c3ccccc31)[C@H]1C(=O)N(c3ccccc3Br)C(=O)[C@H]12. The van der Waals surface area contributed by atoms with E-state index in [2.05, 4.69) is 59.3 Å². The van der Waals surface area contributed by atoms with Gasteiger partial charge in [-0.15, -0.1) is 0 Å². The smallest absolute Gasteiger partial charge is 0.239 e. The molecule has 1 heterocycles. The molecule has 7 rings (SSSR count). The number of hydrogen-bond acceptors (Lipinski definition) is 2. The number of para-hydroxylation sites is 1. The highest BCUT2D eigenvalue weighted by atomic mass is 79.9. The summed E-state index contributed by atoms with van der Waals surface area (Å²) in [7, 11) is 0. The molecule has 0 saturated carbocycles. The van der Waals surface area contributed by atoms with Crippen LogP contribution in [0, 0.1) is 11.8 Å². The maximum Gasteiger partial charge on any atom is 0.239 e. The molecule has 3 aliphatic carbocycles. The van der Waals surface area contributed by atoms with Crippen LogP contribution in [-0.4, -0.2) is 11.8 Å². The standard InChI is InChI=1S/C26H20BrNO2/c1-2-26-17-11-5-3-9-15(17)21(16-10-4-6-12-18(16)26)22-23(26)25(30)28(24(22)29)20-14-8-7-13-19(20)27/h3-14,21-23H,2H2,1H3/t21?,22-,23+,26?/m1/s1. The molecule has 2 bridgehead atoms. The molecule has 3 aromatic rings. The average Bonchev–Trinajstić information content (AvgIpc) is 3.05. The van der Waals surface area contributed by atoms with E-state index < -0.39 is 5.41 Å². The van der Waals surface area contributed by atoms with Crippen molar-refractivity contribution in [1.29, 1.82) is 0 Å². The number of imide groups is 1. The highest BCUT2D eigenvalue weighted by Gasteiger charge is 2.67. The second-order valence-corrected chi connectivity index (χ2v) is 9.30. The van der Waals surface area contributed by atoms with Crippen molar-refractivity contribution in [2.45, 2.75) is 24.7 Å². The number of hydrogen-bond donors (Lipinski definition) is 0. The zero-order chi connectivity index (χ0) is 20.6. The van der Waals surface area contributed by atoms with E-state index in [4.69, 9.17) is 0 Å². The third kappa shape index (κ3) is 1.96. The molecule has 0 unspecified atom stereocenters. The molecule has 0 aromatic heterocycles. The summed E-state index contributed by atoms with van der Waals surface area (Å²) in [4.78, 5) is 29.3. The van der Waals surface area contributed by atoms with Gasteiger partial charge in [0.05, 0.1) is 17.5 Å². The number of carbonyl (C=O) groups excluding carboxylic acids is 2. The normalized spacial score (nSPS) is 28.3. The number of benzene rings is 3. The van der Waals surface area contributed by atoms with Crippen LogP contribution in [0.3, 0.4) is 0 Å². The van der Waals surface area contributed by atoms with Crippen LogP contribution in [0.15, 0.2) is 77.3 Å². The van der Waals surface area contributed by atoms with E-state index in [1.807, 2.05) is 36.4 Å². The summed E-state index contributed by atoms with van der Waals surface area (Å²) in [6.07, 6.45) is 0.776. The first-order chi connectivity index (χ1) is 14.6. The minimum absolute atomic E-state index is 0.0762. The third-order valence-corrected chi connectivity index (χ3v) is 8.12. The van der Waals surface area contributed by atoms with Crippen molar-refractivity contribution in [2.24, 2.45) is 11.8 Å². The molecular weight excluding hydrogens is 438 g/mol. The van der Waals surface area contributed by atoms with Crippen LogP contribution < -0.4 is 4.90 Å². The van der Waals surface area contributed by atoms with Gasteiger partial charge < -0.3 is 0 Å². The maximum absolute atomic E-state index is 14.0. The molecular formula is C26H20BrNO2. The fraction of sp³-hybridized carbons (Fsp3) is 0.231. The van der Waals surface area contributed by atoms with Crippen molar-refractivity contribution in [3.8, 4) is 0 Å². The van der Waals surface area contributed by atoms with Crippen molar-refractivity contribution < 1.29 is 9.59 Å². The van der Waals surface area contributed by atoms with Gasteiger partial charge in [-0.2, -0.15) is 0 Å². The number of anilines is 1. The largest absolute Gasteiger partial charge is 0.274 e. The number of carbonyl (C=O) groups is 2. The van der Waals surface area contributed by atoms with Gasteiger partial charge in [-0.05, 0) is 56.7 Å². The van der Waals surface area contributed by atoms with Crippen molar-refractivity contribution in [3.63, 3.8) is 0 Å². The van der Waals surface area contributed by atoms with Gasteiger partial charge in [-0.1, -0.05) is 67.6 Å². The predicted octanol–water partition coefficient (Wildman–Crippen LogP) is 5.41. The van der Waals surface area contributed by atoms with E-state index in [9.17, 15) is 9.59 Å². The summed E-state index contributed by atoms with van der Waals surface area (Å²) < 4.78 is 0.762. The minimum Gasteiger partial charge on any atom is -0.274 e. The van der Waals surface area contributed by atoms with E-state index in [1.165, 1.54) is 27.2 Å². The predicted molar refractivity (Wildman–Crippen MR) is 119 cm³/mol. The quantitative estimate of drug-likeness (QED) is 0.482. The Morgan fingerprint density at radius 2 is 1.40 bits per heavy atom. The Morgan fingerprint density at radius 3 is 2.00 bits per heavy atom. The van der Waals surface area contributed by atoms with Crippen molar-refractivity contribution in [2.75, 3.05) is 4.90 Å². The van der Waals surface area contributed by atoms with Crippen molar-refractivity contribution >= 4 is 33.4 Å². The number of nitrogens with zero attached hydrogens (tertiary/aromatic N) is 1.